The second-order valence-corrected chi connectivity index (χ2v) is 7.00. The van der Waals surface area contributed by atoms with Gasteiger partial charge >= 0.3 is 0 Å². The van der Waals surface area contributed by atoms with Gasteiger partial charge in [-0.15, -0.1) is 0 Å². The number of hydrogen-bond acceptors (Lipinski definition) is 6. The van der Waals surface area contributed by atoms with Crippen LogP contribution in [0.3, 0.4) is 0 Å². The van der Waals surface area contributed by atoms with Gasteiger partial charge in [0.15, 0.2) is 5.76 Å². The summed E-state index contributed by atoms with van der Waals surface area (Å²) in [7, 11) is -1.90. The van der Waals surface area contributed by atoms with E-state index >= 15 is 0 Å². The van der Waals surface area contributed by atoms with Crippen LogP contribution < -0.4 is 0 Å². The maximum atomic E-state index is 12.6. The van der Waals surface area contributed by atoms with Gasteiger partial charge < -0.3 is 14.0 Å². The number of ether oxygens (including phenoxy) is 2. The van der Waals surface area contributed by atoms with Crippen LogP contribution in [0, 0.1) is 13.8 Å². The number of rotatable bonds is 6. The summed E-state index contributed by atoms with van der Waals surface area (Å²) in [6, 6.07) is 0. The van der Waals surface area contributed by atoms with Gasteiger partial charge in [-0.2, -0.15) is 4.31 Å². The molecule has 0 spiro atoms. The van der Waals surface area contributed by atoms with E-state index in [9.17, 15) is 8.42 Å². The minimum absolute atomic E-state index is 0.0938. The van der Waals surface area contributed by atoms with Crippen LogP contribution in [-0.4, -0.2) is 57.4 Å². The highest BCUT2D eigenvalue weighted by Gasteiger charge is 2.33. The predicted molar refractivity (Wildman–Crippen MR) is 75.6 cm³/mol. The summed E-state index contributed by atoms with van der Waals surface area (Å²) in [5, 5.41) is 3.72. The molecule has 0 bridgehead atoms. The molecule has 8 heteroatoms. The number of sulfonamides is 1. The molecule has 0 atom stereocenters. The topological polar surface area (TPSA) is 81.9 Å². The first-order valence-corrected chi connectivity index (χ1v) is 8.44. The minimum Gasteiger partial charge on any atom is -0.382 e. The molecule has 0 unspecified atom stereocenters. The van der Waals surface area contributed by atoms with Crippen LogP contribution in [-0.2, 0) is 19.5 Å². The molecule has 0 N–H and O–H groups in total. The zero-order valence-electron chi connectivity index (χ0n) is 12.7. The van der Waals surface area contributed by atoms with Gasteiger partial charge in [-0.1, -0.05) is 5.16 Å². The van der Waals surface area contributed by atoms with Crippen molar-refractivity contribution in [3.63, 3.8) is 0 Å². The Morgan fingerprint density at radius 2 is 1.95 bits per heavy atom. The summed E-state index contributed by atoms with van der Waals surface area (Å²) < 4.78 is 42.3. The number of aryl methyl sites for hydroxylation is 2. The van der Waals surface area contributed by atoms with Crippen molar-refractivity contribution in [2.75, 3.05) is 33.4 Å². The third kappa shape index (κ3) is 3.63. The molecule has 1 aliphatic heterocycles. The van der Waals surface area contributed by atoms with Crippen molar-refractivity contribution in [3.8, 4) is 0 Å². The van der Waals surface area contributed by atoms with Crippen molar-refractivity contribution in [2.45, 2.75) is 37.7 Å². The molecule has 1 aromatic heterocycles. The Balaban J connectivity index is 1.98. The van der Waals surface area contributed by atoms with Crippen molar-refractivity contribution in [1.82, 2.24) is 9.46 Å². The fourth-order valence-corrected chi connectivity index (χ4v) is 4.27. The summed E-state index contributed by atoms with van der Waals surface area (Å²) in [5.74, 6) is 0.339. The lowest BCUT2D eigenvalue weighted by molar-refractivity contribution is -0.00502. The Hall–Kier alpha value is -0.960. The number of aromatic nitrogens is 1. The molecule has 7 nitrogen and oxygen atoms in total. The first-order chi connectivity index (χ1) is 9.96. The molecule has 2 rings (SSSR count). The van der Waals surface area contributed by atoms with Crippen LogP contribution >= 0.6 is 0 Å². The Kier molecular flexibility index (Phi) is 5.37. The molecular weight excluding hydrogens is 296 g/mol. The van der Waals surface area contributed by atoms with Crippen molar-refractivity contribution in [3.05, 3.63) is 11.5 Å². The number of nitrogens with zero attached hydrogens (tertiary/aromatic N) is 2. The Labute approximate surface area is 125 Å². The van der Waals surface area contributed by atoms with Crippen LogP contribution in [0.5, 0.6) is 0 Å². The molecule has 1 aromatic rings. The highest BCUT2D eigenvalue weighted by Crippen LogP contribution is 2.26. The summed E-state index contributed by atoms with van der Waals surface area (Å²) in [4.78, 5) is 0.196. The maximum absolute atomic E-state index is 12.6. The van der Waals surface area contributed by atoms with Gasteiger partial charge in [-0.25, -0.2) is 8.42 Å². The van der Waals surface area contributed by atoms with E-state index < -0.39 is 10.0 Å². The predicted octanol–water partition coefficient (Wildman–Crippen LogP) is 1.11. The van der Waals surface area contributed by atoms with E-state index in [1.165, 1.54) is 4.31 Å². The van der Waals surface area contributed by atoms with Gasteiger partial charge in [-0.05, 0) is 26.7 Å². The Morgan fingerprint density at radius 1 is 1.29 bits per heavy atom. The van der Waals surface area contributed by atoms with Crippen molar-refractivity contribution < 1.29 is 22.4 Å². The Morgan fingerprint density at radius 3 is 2.48 bits per heavy atom. The van der Waals surface area contributed by atoms with Gasteiger partial charge in [0.1, 0.15) is 10.6 Å². The molecule has 2 heterocycles. The van der Waals surface area contributed by atoms with Crippen molar-refractivity contribution in [2.24, 2.45) is 0 Å². The maximum Gasteiger partial charge on any atom is 0.248 e. The largest absolute Gasteiger partial charge is 0.382 e. The summed E-state index contributed by atoms with van der Waals surface area (Å²) in [6.45, 7) is 5.25. The van der Waals surface area contributed by atoms with Crippen LogP contribution in [0.1, 0.15) is 24.3 Å². The first-order valence-electron chi connectivity index (χ1n) is 7.00. The summed E-state index contributed by atoms with van der Waals surface area (Å²) in [5.41, 5.74) is 0.408. The summed E-state index contributed by atoms with van der Waals surface area (Å²) >= 11 is 0. The molecule has 0 aliphatic carbocycles. The van der Waals surface area contributed by atoms with Crippen LogP contribution in [0.4, 0.5) is 0 Å². The smallest absolute Gasteiger partial charge is 0.248 e. The van der Waals surface area contributed by atoms with E-state index in [-0.39, 0.29) is 11.0 Å². The average molecular weight is 318 g/mol. The van der Waals surface area contributed by atoms with Gasteiger partial charge in [0, 0.05) is 20.2 Å². The van der Waals surface area contributed by atoms with E-state index in [1.807, 2.05) is 0 Å². The molecule has 21 heavy (non-hydrogen) atoms. The summed E-state index contributed by atoms with van der Waals surface area (Å²) in [6.07, 6.45) is 1.47. The fraction of sp³-hybridized carbons (Fsp3) is 0.769. The monoisotopic (exact) mass is 318 g/mol. The number of methoxy groups -OCH3 is 1. The normalized spacial score (nSPS) is 18.2. The number of piperidine rings is 1. The SMILES string of the molecule is COCCOC1CCN(S(=O)(=O)c2c(C)noc2C)CC1. The van der Waals surface area contributed by atoms with E-state index in [0.29, 0.717) is 50.6 Å². The van der Waals surface area contributed by atoms with E-state index in [2.05, 4.69) is 5.16 Å². The van der Waals surface area contributed by atoms with Gasteiger partial charge in [0.2, 0.25) is 10.0 Å². The molecule has 0 radical (unpaired) electrons. The quantitative estimate of drug-likeness (QED) is 0.731. The van der Waals surface area contributed by atoms with Crippen LogP contribution in [0.15, 0.2) is 9.42 Å². The van der Waals surface area contributed by atoms with Crippen LogP contribution in [0.2, 0.25) is 0 Å². The second-order valence-electron chi connectivity index (χ2n) is 5.12. The molecule has 0 saturated carbocycles. The third-order valence-electron chi connectivity index (χ3n) is 3.61. The van der Waals surface area contributed by atoms with E-state index in [1.54, 1.807) is 21.0 Å². The van der Waals surface area contributed by atoms with Crippen LogP contribution in [0.25, 0.3) is 0 Å². The van der Waals surface area contributed by atoms with E-state index in [0.717, 1.165) is 0 Å². The van der Waals surface area contributed by atoms with Gasteiger partial charge in [0.05, 0.1) is 19.3 Å². The van der Waals surface area contributed by atoms with Gasteiger partial charge in [0.25, 0.3) is 0 Å². The Bertz CT molecular complexity index is 542. The molecular formula is C13H22N2O5S. The highest BCUT2D eigenvalue weighted by atomic mass is 32.2. The third-order valence-corrected chi connectivity index (χ3v) is 5.75. The standard InChI is InChI=1S/C13H22N2O5S/c1-10-13(11(2)20-14-10)21(16,17)15-6-4-12(5-7-15)19-9-8-18-3/h12H,4-9H2,1-3H3. The molecule has 1 aliphatic rings. The molecule has 0 aromatic carbocycles. The lowest BCUT2D eigenvalue weighted by Gasteiger charge is -2.31. The van der Waals surface area contributed by atoms with E-state index in [4.69, 9.17) is 14.0 Å². The average Bonchev–Trinajstić information content (AvgIpc) is 2.79. The zero-order chi connectivity index (χ0) is 15.5. The first kappa shape index (κ1) is 16.4. The molecule has 1 saturated heterocycles. The lowest BCUT2D eigenvalue weighted by Crippen LogP contribution is -2.41. The zero-order valence-corrected chi connectivity index (χ0v) is 13.5. The van der Waals surface area contributed by atoms with Crippen molar-refractivity contribution in [1.29, 1.82) is 0 Å². The fourth-order valence-electron chi connectivity index (χ4n) is 2.51. The lowest BCUT2D eigenvalue weighted by atomic mass is 10.1. The minimum atomic E-state index is -3.53. The molecule has 120 valence electrons. The van der Waals surface area contributed by atoms with Gasteiger partial charge in [-0.3, -0.25) is 0 Å². The molecule has 0 amide bonds. The number of hydrogen-bond donors (Lipinski definition) is 0. The van der Waals surface area contributed by atoms with Crippen molar-refractivity contribution >= 4 is 10.0 Å². The second kappa shape index (κ2) is 6.87. The molecule has 1 fully saturated rings. The highest BCUT2D eigenvalue weighted by molar-refractivity contribution is 7.89.